The van der Waals surface area contributed by atoms with Crippen LogP contribution in [0.1, 0.15) is 51.0 Å². The van der Waals surface area contributed by atoms with E-state index in [4.69, 9.17) is 21.7 Å². The topological polar surface area (TPSA) is 132 Å². The van der Waals surface area contributed by atoms with E-state index in [1.165, 1.54) is 31.8 Å². The Morgan fingerprint density at radius 2 is 1.95 bits per heavy atom. The number of likely N-dealkylation sites (tertiary alicyclic amines) is 1. The third-order valence-electron chi connectivity index (χ3n) is 6.70. The van der Waals surface area contributed by atoms with E-state index in [2.05, 4.69) is 50.0 Å². The van der Waals surface area contributed by atoms with E-state index < -0.39 is 20.1 Å². The highest BCUT2D eigenvalue weighted by atomic mass is 35.5. The highest BCUT2D eigenvalue weighted by Gasteiger charge is 2.28. The summed E-state index contributed by atoms with van der Waals surface area (Å²) in [7, 11) is -0.0568. The molecule has 1 aromatic carbocycles. The van der Waals surface area contributed by atoms with Gasteiger partial charge >= 0.3 is 0 Å². The second-order valence-corrected chi connectivity index (χ2v) is 12.9. The van der Waals surface area contributed by atoms with E-state index in [-0.39, 0.29) is 28.6 Å². The van der Waals surface area contributed by atoms with Gasteiger partial charge in [0.1, 0.15) is 10.8 Å². The first-order chi connectivity index (χ1) is 18.1. The maximum absolute atomic E-state index is 12.6. The molecule has 12 heteroatoms. The molecule has 0 bridgehead atoms. The van der Waals surface area contributed by atoms with E-state index in [9.17, 15) is 8.42 Å². The lowest BCUT2D eigenvalue weighted by Gasteiger charge is -2.29. The van der Waals surface area contributed by atoms with Gasteiger partial charge < -0.3 is 25.6 Å². The van der Waals surface area contributed by atoms with Gasteiger partial charge in [-0.3, -0.25) is 5.41 Å². The van der Waals surface area contributed by atoms with Crippen LogP contribution in [-0.2, 0) is 9.84 Å². The minimum Gasteiger partial charge on any atom is -0.488 e. The fourth-order valence-electron chi connectivity index (χ4n) is 4.16. The number of ether oxygens (including phenoxy) is 1. The predicted molar refractivity (Wildman–Crippen MR) is 152 cm³/mol. The van der Waals surface area contributed by atoms with Gasteiger partial charge in [0, 0.05) is 13.2 Å². The van der Waals surface area contributed by atoms with Gasteiger partial charge in [-0.2, -0.15) is 4.98 Å². The number of hydrogen-bond donors (Lipinski definition) is 4. The van der Waals surface area contributed by atoms with Crippen LogP contribution in [0.2, 0.25) is 5.02 Å². The Labute approximate surface area is 229 Å². The van der Waals surface area contributed by atoms with Crippen molar-refractivity contribution in [1.29, 1.82) is 5.41 Å². The van der Waals surface area contributed by atoms with Crippen molar-refractivity contribution in [2.24, 2.45) is 0 Å². The molecule has 2 fully saturated rings. The summed E-state index contributed by atoms with van der Waals surface area (Å²) in [6.45, 7) is 5.22. The van der Waals surface area contributed by atoms with Crippen LogP contribution in [0, 0.1) is 5.41 Å². The van der Waals surface area contributed by atoms with E-state index in [1.807, 2.05) is 6.07 Å². The molecule has 0 amide bonds. The van der Waals surface area contributed by atoms with Gasteiger partial charge in [-0.05, 0) is 83.3 Å². The summed E-state index contributed by atoms with van der Waals surface area (Å²) in [5.74, 6) is 1.69. The first kappa shape index (κ1) is 28.1. The van der Waals surface area contributed by atoms with Gasteiger partial charge in [0.25, 0.3) is 0 Å². The quantitative estimate of drug-likeness (QED) is 0.244. The van der Waals surface area contributed by atoms with Gasteiger partial charge in [-0.15, -0.1) is 0 Å². The Hall–Kier alpha value is -2.89. The first-order valence-electron chi connectivity index (χ1n) is 12.8. The van der Waals surface area contributed by atoms with E-state index in [0.29, 0.717) is 5.92 Å². The van der Waals surface area contributed by atoms with Crippen molar-refractivity contribution in [3.63, 3.8) is 0 Å². The van der Waals surface area contributed by atoms with E-state index >= 15 is 0 Å². The molecule has 4 rings (SSSR count). The summed E-state index contributed by atoms with van der Waals surface area (Å²) >= 11 is 6.34. The molecule has 1 saturated heterocycles. The molecule has 2 aliphatic rings. The van der Waals surface area contributed by atoms with Crippen LogP contribution in [0.15, 0.2) is 36.3 Å². The molecule has 2 heterocycles. The summed E-state index contributed by atoms with van der Waals surface area (Å²) in [6, 6.07) is 6.24. The maximum atomic E-state index is 12.6. The smallest absolute Gasteiger partial charge is 0.229 e. The lowest BCUT2D eigenvalue weighted by atomic mass is 9.89. The Balaban J connectivity index is 1.58. The van der Waals surface area contributed by atoms with Crippen LogP contribution in [0.4, 0.5) is 17.5 Å². The largest absolute Gasteiger partial charge is 0.488 e. The van der Waals surface area contributed by atoms with Crippen molar-refractivity contribution in [3.8, 4) is 5.75 Å². The second-order valence-electron chi connectivity index (χ2n) is 10.1. The molecule has 1 saturated carbocycles. The number of rotatable bonds is 10. The third kappa shape index (κ3) is 6.75. The normalized spacial score (nSPS) is 17.4. The monoisotopic (exact) mass is 561 g/mol. The molecule has 1 aliphatic heterocycles. The van der Waals surface area contributed by atoms with Gasteiger partial charge in [0.05, 0.1) is 28.9 Å². The molecule has 0 spiro atoms. The molecule has 0 unspecified atom stereocenters. The number of anilines is 3. The van der Waals surface area contributed by atoms with Crippen LogP contribution < -0.4 is 20.7 Å². The minimum atomic E-state index is -3.83. The molecule has 0 radical (unpaired) electrons. The Morgan fingerprint density at radius 3 is 2.58 bits per heavy atom. The van der Waals surface area contributed by atoms with Crippen molar-refractivity contribution in [1.82, 2.24) is 20.2 Å². The summed E-state index contributed by atoms with van der Waals surface area (Å²) in [6.07, 6.45) is 7.33. The fourth-order valence-corrected chi connectivity index (χ4v) is 5.18. The highest BCUT2D eigenvalue weighted by molar-refractivity contribution is 8.07. The van der Waals surface area contributed by atoms with Crippen LogP contribution in [0.3, 0.4) is 0 Å². The number of hydrogen-bond acceptors (Lipinski definition) is 10. The van der Waals surface area contributed by atoms with Gasteiger partial charge in [-0.1, -0.05) is 17.7 Å². The van der Waals surface area contributed by atoms with Gasteiger partial charge in [-0.25, -0.2) is 13.4 Å². The zero-order valence-electron chi connectivity index (χ0n) is 22.2. The molecule has 38 heavy (non-hydrogen) atoms. The number of nitrogens with zero attached hydrogens (tertiary/aromatic N) is 3. The van der Waals surface area contributed by atoms with Crippen LogP contribution in [0.25, 0.3) is 0 Å². The number of sulfone groups is 1. The Bertz CT molecular complexity index is 1300. The number of halogens is 1. The molecule has 2 aromatic rings. The number of aromatic nitrogens is 2. The molecule has 1 aromatic heterocycles. The Kier molecular flexibility index (Phi) is 8.79. The van der Waals surface area contributed by atoms with Gasteiger partial charge in [0.2, 0.25) is 5.95 Å². The highest BCUT2D eigenvalue weighted by Crippen LogP contribution is 2.38. The summed E-state index contributed by atoms with van der Waals surface area (Å²) in [4.78, 5) is 11.1. The SMILES string of the molecule is CN/C=C(/Nc1nc(Nc2ccc(C3CCN(C)CC3)cc2OC2CC2)ncc1Cl)C(=N)S(=O)(=O)C(C)C. The van der Waals surface area contributed by atoms with Crippen molar-refractivity contribution in [2.45, 2.75) is 56.8 Å². The molecule has 0 atom stereocenters. The van der Waals surface area contributed by atoms with Gasteiger partial charge in [0.15, 0.2) is 20.7 Å². The van der Waals surface area contributed by atoms with Crippen LogP contribution >= 0.6 is 11.6 Å². The molecule has 10 nitrogen and oxygen atoms in total. The summed E-state index contributed by atoms with van der Waals surface area (Å²) in [5, 5.41) is 16.0. The summed E-state index contributed by atoms with van der Waals surface area (Å²) in [5.41, 5.74) is 2.03. The molecule has 4 N–H and O–H groups in total. The average molecular weight is 562 g/mol. The van der Waals surface area contributed by atoms with Crippen molar-refractivity contribution in [2.75, 3.05) is 37.8 Å². The number of nitrogens with one attached hydrogen (secondary N) is 4. The molecular formula is C26H36ClN7O3S. The number of piperidine rings is 1. The summed E-state index contributed by atoms with van der Waals surface area (Å²) < 4.78 is 31.4. The van der Waals surface area contributed by atoms with E-state index in [0.717, 1.165) is 50.2 Å². The maximum Gasteiger partial charge on any atom is 0.229 e. The molecule has 1 aliphatic carbocycles. The predicted octanol–water partition coefficient (Wildman–Crippen LogP) is 4.50. The zero-order valence-corrected chi connectivity index (χ0v) is 23.8. The zero-order chi connectivity index (χ0) is 27.4. The van der Waals surface area contributed by atoms with Crippen LogP contribution in [-0.4, -0.2) is 66.9 Å². The minimum absolute atomic E-state index is 0.0213. The van der Waals surface area contributed by atoms with Crippen molar-refractivity contribution < 1.29 is 13.2 Å². The number of benzene rings is 1. The van der Waals surface area contributed by atoms with Crippen molar-refractivity contribution >= 4 is 43.9 Å². The first-order valence-corrected chi connectivity index (χ1v) is 14.8. The third-order valence-corrected chi connectivity index (χ3v) is 9.00. The average Bonchev–Trinajstić information content (AvgIpc) is 3.70. The second kappa shape index (κ2) is 11.9. The van der Waals surface area contributed by atoms with Crippen molar-refractivity contribution in [3.05, 3.63) is 46.9 Å². The fraction of sp³-hybridized carbons (Fsp3) is 0.500. The molecular weight excluding hydrogens is 526 g/mol. The van der Waals surface area contributed by atoms with E-state index in [1.54, 1.807) is 7.05 Å². The van der Waals surface area contributed by atoms with Crippen LogP contribution in [0.5, 0.6) is 5.75 Å². The lowest BCUT2D eigenvalue weighted by Crippen LogP contribution is -2.29. The Morgan fingerprint density at radius 1 is 1.24 bits per heavy atom. The standard InChI is InChI=1S/C26H36ClN7O3S/c1-16(2)38(35,36)24(28)22(15-29-3)31-25-20(27)14-30-26(33-25)32-21-8-5-18(13-23(21)37-19-6-7-19)17-9-11-34(4)12-10-17/h5,8,13-17,19,28-29H,6-7,9-12H2,1-4H3,(H2,30,31,32,33)/b22-15+,28-24?. The lowest BCUT2D eigenvalue weighted by molar-refractivity contribution is 0.254. The molecule has 206 valence electrons.